The first-order valence-electron chi connectivity index (χ1n) is 7.57. The van der Waals surface area contributed by atoms with Crippen molar-refractivity contribution in [2.75, 3.05) is 43.9 Å². The summed E-state index contributed by atoms with van der Waals surface area (Å²) >= 11 is 0. The van der Waals surface area contributed by atoms with Crippen molar-refractivity contribution in [3.63, 3.8) is 0 Å². The maximum absolute atomic E-state index is 12.5. The molecule has 23 heavy (non-hydrogen) atoms. The number of ether oxygens (including phenoxy) is 1. The Bertz CT molecular complexity index is 696. The standard InChI is InChI=1S/C17H20N4O2/c1-23-15-5-6-19-16(12-15)20-7-9-21(10-8-20)17(22)13-3-2-4-14(18)11-13/h2-6,11-12H,7-10,18H2,1H3. The predicted octanol–water partition coefficient (Wildman–Crippen LogP) is 1.63. The molecule has 1 fully saturated rings. The number of methoxy groups -OCH3 is 1. The van der Waals surface area contributed by atoms with E-state index < -0.39 is 0 Å². The highest BCUT2D eigenvalue weighted by atomic mass is 16.5. The summed E-state index contributed by atoms with van der Waals surface area (Å²) in [6.07, 6.45) is 1.73. The monoisotopic (exact) mass is 312 g/mol. The molecule has 1 saturated heterocycles. The van der Waals surface area contributed by atoms with Crippen LogP contribution in [-0.4, -0.2) is 49.1 Å². The number of carbonyl (C=O) groups excluding carboxylic acids is 1. The number of aromatic nitrogens is 1. The topological polar surface area (TPSA) is 71.7 Å². The van der Waals surface area contributed by atoms with Gasteiger partial charge in [0.2, 0.25) is 0 Å². The average Bonchev–Trinajstić information content (AvgIpc) is 2.61. The molecule has 120 valence electrons. The summed E-state index contributed by atoms with van der Waals surface area (Å²) in [5.74, 6) is 1.68. The van der Waals surface area contributed by atoms with Crippen LogP contribution in [0.4, 0.5) is 11.5 Å². The highest BCUT2D eigenvalue weighted by Gasteiger charge is 2.23. The fourth-order valence-electron chi connectivity index (χ4n) is 2.69. The van der Waals surface area contributed by atoms with Gasteiger partial charge in [0.1, 0.15) is 11.6 Å². The van der Waals surface area contributed by atoms with Gasteiger partial charge >= 0.3 is 0 Å². The maximum atomic E-state index is 12.5. The number of piperazine rings is 1. The lowest BCUT2D eigenvalue weighted by atomic mass is 10.1. The largest absolute Gasteiger partial charge is 0.497 e. The van der Waals surface area contributed by atoms with E-state index in [1.165, 1.54) is 0 Å². The minimum atomic E-state index is 0.0237. The first kappa shape index (κ1) is 15.1. The molecule has 6 nitrogen and oxygen atoms in total. The number of nitrogens with zero attached hydrogens (tertiary/aromatic N) is 3. The second kappa shape index (κ2) is 6.56. The number of carbonyl (C=O) groups is 1. The van der Waals surface area contributed by atoms with Crippen LogP contribution in [-0.2, 0) is 0 Å². The number of pyridine rings is 1. The third-order valence-corrected chi connectivity index (χ3v) is 3.98. The van der Waals surface area contributed by atoms with Gasteiger partial charge in [-0.2, -0.15) is 0 Å². The number of nitrogen functional groups attached to an aromatic ring is 1. The smallest absolute Gasteiger partial charge is 0.254 e. The number of amides is 1. The van der Waals surface area contributed by atoms with Gasteiger partial charge < -0.3 is 20.3 Å². The summed E-state index contributed by atoms with van der Waals surface area (Å²) in [7, 11) is 1.64. The number of anilines is 2. The molecule has 1 aliphatic heterocycles. The molecule has 1 aromatic carbocycles. The molecular weight excluding hydrogens is 292 g/mol. The second-order valence-corrected chi connectivity index (χ2v) is 5.46. The van der Waals surface area contributed by atoms with E-state index in [2.05, 4.69) is 9.88 Å². The third-order valence-electron chi connectivity index (χ3n) is 3.98. The molecule has 3 rings (SSSR count). The summed E-state index contributed by atoms with van der Waals surface area (Å²) in [5, 5.41) is 0. The molecule has 0 unspecified atom stereocenters. The SMILES string of the molecule is COc1ccnc(N2CCN(C(=O)c3cccc(N)c3)CC2)c1. The number of hydrogen-bond acceptors (Lipinski definition) is 5. The van der Waals surface area contributed by atoms with E-state index in [9.17, 15) is 4.79 Å². The van der Waals surface area contributed by atoms with Crippen molar-refractivity contribution in [2.45, 2.75) is 0 Å². The Labute approximate surface area is 135 Å². The van der Waals surface area contributed by atoms with Crippen molar-refractivity contribution < 1.29 is 9.53 Å². The molecule has 0 saturated carbocycles. The molecule has 1 aliphatic rings. The van der Waals surface area contributed by atoms with Crippen molar-refractivity contribution in [1.82, 2.24) is 9.88 Å². The van der Waals surface area contributed by atoms with Gasteiger partial charge in [-0.15, -0.1) is 0 Å². The Morgan fingerprint density at radius 1 is 1.17 bits per heavy atom. The molecular formula is C17H20N4O2. The van der Waals surface area contributed by atoms with E-state index in [1.54, 1.807) is 37.6 Å². The molecule has 2 aromatic rings. The van der Waals surface area contributed by atoms with Gasteiger partial charge in [-0.1, -0.05) is 6.07 Å². The average molecular weight is 312 g/mol. The minimum absolute atomic E-state index is 0.0237. The number of rotatable bonds is 3. The number of benzene rings is 1. The van der Waals surface area contributed by atoms with Gasteiger partial charge in [-0.05, 0) is 24.3 Å². The Morgan fingerprint density at radius 3 is 2.65 bits per heavy atom. The van der Waals surface area contributed by atoms with Gasteiger partial charge in [-0.25, -0.2) is 4.98 Å². The minimum Gasteiger partial charge on any atom is -0.497 e. The molecule has 0 aliphatic carbocycles. The lowest BCUT2D eigenvalue weighted by Crippen LogP contribution is -2.49. The van der Waals surface area contributed by atoms with E-state index in [-0.39, 0.29) is 5.91 Å². The van der Waals surface area contributed by atoms with Crippen LogP contribution in [0.25, 0.3) is 0 Å². The van der Waals surface area contributed by atoms with E-state index in [4.69, 9.17) is 10.5 Å². The van der Waals surface area contributed by atoms with E-state index in [0.717, 1.165) is 24.7 Å². The van der Waals surface area contributed by atoms with Crippen LogP contribution in [0.15, 0.2) is 42.6 Å². The summed E-state index contributed by atoms with van der Waals surface area (Å²) in [6, 6.07) is 10.8. The quantitative estimate of drug-likeness (QED) is 0.872. The lowest BCUT2D eigenvalue weighted by molar-refractivity contribution is 0.0746. The van der Waals surface area contributed by atoms with Crippen LogP contribution in [0.5, 0.6) is 5.75 Å². The molecule has 6 heteroatoms. The zero-order chi connectivity index (χ0) is 16.2. The van der Waals surface area contributed by atoms with E-state index in [1.807, 2.05) is 17.0 Å². The van der Waals surface area contributed by atoms with Crippen LogP contribution < -0.4 is 15.4 Å². The van der Waals surface area contributed by atoms with Gasteiger partial charge in [0.05, 0.1) is 7.11 Å². The summed E-state index contributed by atoms with van der Waals surface area (Å²) in [4.78, 5) is 20.9. The van der Waals surface area contributed by atoms with Gasteiger partial charge in [-0.3, -0.25) is 4.79 Å². The molecule has 2 heterocycles. The third kappa shape index (κ3) is 3.36. The zero-order valence-electron chi connectivity index (χ0n) is 13.1. The summed E-state index contributed by atoms with van der Waals surface area (Å²) in [6.45, 7) is 2.81. The molecule has 1 aromatic heterocycles. The molecule has 2 N–H and O–H groups in total. The molecule has 1 amide bonds. The van der Waals surface area contributed by atoms with Crippen molar-refractivity contribution in [3.8, 4) is 5.75 Å². The highest BCUT2D eigenvalue weighted by Crippen LogP contribution is 2.20. The summed E-state index contributed by atoms with van der Waals surface area (Å²) < 4.78 is 5.23. The van der Waals surface area contributed by atoms with Crippen molar-refractivity contribution in [2.24, 2.45) is 0 Å². The van der Waals surface area contributed by atoms with Gasteiger partial charge in [0.15, 0.2) is 0 Å². The van der Waals surface area contributed by atoms with Crippen LogP contribution in [0.2, 0.25) is 0 Å². The normalized spacial score (nSPS) is 14.7. The maximum Gasteiger partial charge on any atom is 0.254 e. The van der Waals surface area contributed by atoms with Crippen molar-refractivity contribution in [3.05, 3.63) is 48.2 Å². The highest BCUT2D eigenvalue weighted by molar-refractivity contribution is 5.95. The number of hydrogen-bond donors (Lipinski definition) is 1. The van der Waals surface area contributed by atoms with Gasteiger partial charge in [0.25, 0.3) is 5.91 Å². The second-order valence-electron chi connectivity index (χ2n) is 5.46. The van der Waals surface area contributed by atoms with Crippen LogP contribution in [0.3, 0.4) is 0 Å². The van der Waals surface area contributed by atoms with Gasteiger partial charge in [0, 0.05) is 49.7 Å². The molecule has 0 bridgehead atoms. The number of nitrogens with two attached hydrogens (primary N) is 1. The lowest BCUT2D eigenvalue weighted by Gasteiger charge is -2.35. The Balaban J connectivity index is 1.65. The van der Waals surface area contributed by atoms with Crippen LogP contribution >= 0.6 is 0 Å². The zero-order valence-corrected chi connectivity index (χ0v) is 13.1. The Hall–Kier alpha value is -2.76. The van der Waals surface area contributed by atoms with Crippen LogP contribution in [0.1, 0.15) is 10.4 Å². The Kier molecular flexibility index (Phi) is 4.32. The first-order chi connectivity index (χ1) is 11.2. The van der Waals surface area contributed by atoms with Crippen molar-refractivity contribution >= 4 is 17.4 Å². The van der Waals surface area contributed by atoms with Crippen LogP contribution in [0, 0.1) is 0 Å². The summed E-state index contributed by atoms with van der Waals surface area (Å²) in [5.41, 5.74) is 7.00. The fourth-order valence-corrected chi connectivity index (χ4v) is 2.69. The molecule has 0 spiro atoms. The Morgan fingerprint density at radius 2 is 1.96 bits per heavy atom. The molecule has 0 atom stereocenters. The first-order valence-corrected chi connectivity index (χ1v) is 7.57. The fraction of sp³-hybridized carbons (Fsp3) is 0.294. The predicted molar refractivity (Wildman–Crippen MR) is 89.8 cm³/mol. The molecule has 0 radical (unpaired) electrons. The van der Waals surface area contributed by atoms with E-state index >= 15 is 0 Å². The van der Waals surface area contributed by atoms with Crippen molar-refractivity contribution in [1.29, 1.82) is 0 Å². The van der Waals surface area contributed by atoms with E-state index in [0.29, 0.717) is 24.3 Å².